The second kappa shape index (κ2) is 4.09. The standard InChI is InChI=1S/C10H20N2O/c1-10(2,3)8-12-6-4-9(13)11-5-7-12/h4-8H2,1-3H3,(H,11,13). The Morgan fingerprint density at radius 2 is 2.08 bits per heavy atom. The number of carbonyl (C=O) groups is 1. The van der Waals surface area contributed by atoms with Crippen LogP contribution in [-0.4, -0.2) is 37.0 Å². The van der Waals surface area contributed by atoms with Gasteiger partial charge in [-0.05, 0) is 5.41 Å². The second-order valence-corrected chi connectivity index (χ2v) is 4.94. The molecular formula is C10H20N2O. The maximum absolute atomic E-state index is 11.1. The maximum Gasteiger partial charge on any atom is 0.221 e. The minimum atomic E-state index is 0.191. The lowest BCUT2D eigenvalue weighted by atomic mass is 9.96. The summed E-state index contributed by atoms with van der Waals surface area (Å²) in [5, 5.41) is 2.88. The molecule has 0 radical (unpaired) electrons. The molecule has 1 N–H and O–H groups in total. The van der Waals surface area contributed by atoms with Gasteiger partial charge in [-0.2, -0.15) is 0 Å². The number of nitrogens with zero attached hydrogens (tertiary/aromatic N) is 1. The van der Waals surface area contributed by atoms with Crippen LogP contribution in [-0.2, 0) is 4.79 Å². The Balaban J connectivity index is 2.38. The van der Waals surface area contributed by atoms with Gasteiger partial charge in [0.05, 0.1) is 0 Å². The predicted octanol–water partition coefficient (Wildman–Crippen LogP) is 0.854. The molecule has 0 bridgehead atoms. The summed E-state index contributed by atoms with van der Waals surface area (Å²) >= 11 is 0. The molecule has 0 unspecified atom stereocenters. The molecule has 1 heterocycles. The van der Waals surface area contributed by atoms with Crippen LogP contribution in [0.2, 0.25) is 0 Å². The Hall–Kier alpha value is -0.570. The summed E-state index contributed by atoms with van der Waals surface area (Å²) in [6, 6.07) is 0. The molecule has 3 heteroatoms. The van der Waals surface area contributed by atoms with E-state index in [4.69, 9.17) is 0 Å². The van der Waals surface area contributed by atoms with Crippen molar-refractivity contribution in [2.45, 2.75) is 27.2 Å². The number of carbonyl (C=O) groups excluding carboxylic acids is 1. The summed E-state index contributed by atoms with van der Waals surface area (Å²) in [5.41, 5.74) is 0.327. The van der Waals surface area contributed by atoms with Crippen molar-refractivity contribution in [3.05, 3.63) is 0 Å². The third-order valence-corrected chi connectivity index (χ3v) is 2.10. The van der Waals surface area contributed by atoms with Gasteiger partial charge in [0.1, 0.15) is 0 Å². The first-order valence-corrected chi connectivity index (χ1v) is 4.96. The number of hydrogen-bond acceptors (Lipinski definition) is 2. The summed E-state index contributed by atoms with van der Waals surface area (Å²) in [7, 11) is 0. The zero-order chi connectivity index (χ0) is 9.90. The average molecular weight is 184 g/mol. The molecule has 1 saturated heterocycles. The van der Waals surface area contributed by atoms with E-state index in [-0.39, 0.29) is 5.91 Å². The lowest BCUT2D eigenvalue weighted by Gasteiger charge is -2.28. The first-order valence-electron chi connectivity index (χ1n) is 4.96. The molecule has 0 spiro atoms. The van der Waals surface area contributed by atoms with E-state index in [9.17, 15) is 4.79 Å². The van der Waals surface area contributed by atoms with Crippen molar-refractivity contribution in [1.82, 2.24) is 10.2 Å². The molecule has 1 rings (SSSR count). The average Bonchev–Trinajstić information content (AvgIpc) is 2.12. The highest BCUT2D eigenvalue weighted by molar-refractivity contribution is 5.76. The normalized spacial score (nSPS) is 21.0. The van der Waals surface area contributed by atoms with Crippen molar-refractivity contribution in [3.8, 4) is 0 Å². The largest absolute Gasteiger partial charge is 0.355 e. The Morgan fingerprint density at radius 3 is 2.69 bits per heavy atom. The van der Waals surface area contributed by atoms with Crippen LogP contribution in [0.15, 0.2) is 0 Å². The molecule has 13 heavy (non-hydrogen) atoms. The van der Waals surface area contributed by atoms with Crippen LogP contribution in [0.5, 0.6) is 0 Å². The van der Waals surface area contributed by atoms with E-state index in [1.165, 1.54) is 0 Å². The molecule has 76 valence electrons. The number of nitrogens with one attached hydrogen (secondary N) is 1. The highest BCUT2D eigenvalue weighted by Crippen LogP contribution is 2.15. The quantitative estimate of drug-likeness (QED) is 0.655. The topological polar surface area (TPSA) is 32.3 Å². The third kappa shape index (κ3) is 4.27. The monoisotopic (exact) mass is 184 g/mol. The molecule has 1 aliphatic heterocycles. The molecule has 0 atom stereocenters. The minimum absolute atomic E-state index is 0.191. The van der Waals surface area contributed by atoms with E-state index in [0.29, 0.717) is 11.8 Å². The van der Waals surface area contributed by atoms with E-state index < -0.39 is 0 Å². The first-order chi connectivity index (χ1) is 5.97. The zero-order valence-electron chi connectivity index (χ0n) is 8.89. The van der Waals surface area contributed by atoms with Crippen molar-refractivity contribution >= 4 is 5.91 Å². The molecule has 0 aromatic heterocycles. The fourth-order valence-electron chi connectivity index (χ4n) is 1.64. The van der Waals surface area contributed by atoms with E-state index >= 15 is 0 Å². The molecule has 1 amide bonds. The van der Waals surface area contributed by atoms with Gasteiger partial charge in [-0.25, -0.2) is 0 Å². The van der Waals surface area contributed by atoms with Crippen LogP contribution in [0.1, 0.15) is 27.2 Å². The summed E-state index contributed by atoms with van der Waals surface area (Å²) in [6.45, 7) is 10.5. The second-order valence-electron chi connectivity index (χ2n) is 4.94. The van der Waals surface area contributed by atoms with E-state index in [1.807, 2.05) is 0 Å². The fourth-order valence-corrected chi connectivity index (χ4v) is 1.64. The Labute approximate surface area is 80.5 Å². The highest BCUT2D eigenvalue weighted by Gasteiger charge is 2.18. The fraction of sp³-hybridized carbons (Fsp3) is 0.900. The Kier molecular flexibility index (Phi) is 3.31. The van der Waals surface area contributed by atoms with E-state index in [1.54, 1.807) is 0 Å². The van der Waals surface area contributed by atoms with Crippen LogP contribution in [0.25, 0.3) is 0 Å². The van der Waals surface area contributed by atoms with Gasteiger partial charge in [0.2, 0.25) is 5.91 Å². The molecule has 0 saturated carbocycles. The summed E-state index contributed by atoms with van der Waals surface area (Å²) in [4.78, 5) is 13.4. The van der Waals surface area contributed by atoms with Crippen molar-refractivity contribution < 1.29 is 4.79 Å². The summed E-state index contributed by atoms with van der Waals surface area (Å²) in [5.74, 6) is 0.191. The molecular weight excluding hydrogens is 164 g/mol. The van der Waals surface area contributed by atoms with E-state index in [0.717, 1.165) is 26.2 Å². The summed E-state index contributed by atoms with van der Waals surface area (Å²) in [6.07, 6.45) is 0.649. The molecule has 1 aliphatic rings. The smallest absolute Gasteiger partial charge is 0.221 e. The van der Waals surface area contributed by atoms with Crippen LogP contribution < -0.4 is 5.32 Å². The van der Waals surface area contributed by atoms with E-state index in [2.05, 4.69) is 31.0 Å². The van der Waals surface area contributed by atoms with Gasteiger partial charge in [0, 0.05) is 32.6 Å². The molecule has 0 aliphatic carbocycles. The van der Waals surface area contributed by atoms with Crippen molar-refractivity contribution in [2.75, 3.05) is 26.2 Å². The van der Waals surface area contributed by atoms with Crippen LogP contribution in [0.4, 0.5) is 0 Å². The van der Waals surface area contributed by atoms with Crippen molar-refractivity contribution in [1.29, 1.82) is 0 Å². The third-order valence-electron chi connectivity index (χ3n) is 2.10. The first kappa shape index (κ1) is 10.5. The number of hydrogen-bond donors (Lipinski definition) is 1. The maximum atomic E-state index is 11.1. The van der Waals surface area contributed by atoms with Gasteiger partial charge < -0.3 is 10.2 Å². The summed E-state index contributed by atoms with van der Waals surface area (Å²) < 4.78 is 0. The van der Waals surface area contributed by atoms with Gasteiger partial charge in [0.25, 0.3) is 0 Å². The number of rotatable bonds is 1. The van der Waals surface area contributed by atoms with Gasteiger partial charge in [0.15, 0.2) is 0 Å². The van der Waals surface area contributed by atoms with Gasteiger partial charge in [-0.3, -0.25) is 4.79 Å². The highest BCUT2D eigenvalue weighted by atomic mass is 16.1. The lowest BCUT2D eigenvalue weighted by Crippen LogP contribution is -2.35. The van der Waals surface area contributed by atoms with Gasteiger partial charge in [-0.1, -0.05) is 20.8 Å². The predicted molar refractivity (Wildman–Crippen MR) is 53.5 cm³/mol. The minimum Gasteiger partial charge on any atom is -0.355 e. The zero-order valence-corrected chi connectivity index (χ0v) is 8.89. The molecule has 0 aromatic rings. The molecule has 1 fully saturated rings. The molecule has 0 aromatic carbocycles. The van der Waals surface area contributed by atoms with Gasteiger partial charge in [-0.15, -0.1) is 0 Å². The lowest BCUT2D eigenvalue weighted by molar-refractivity contribution is -0.120. The Morgan fingerprint density at radius 1 is 1.38 bits per heavy atom. The van der Waals surface area contributed by atoms with Crippen molar-refractivity contribution in [2.24, 2.45) is 5.41 Å². The van der Waals surface area contributed by atoms with Crippen LogP contribution in [0.3, 0.4) is 0 Å². The Bertz CT molecular complexity index is 184. The number of amides is 1. The molecule has 3 nitrogen and oxygen atoms in total. The SMILES string of the molecule is CC(C)(C)CN1CCNC(=O)CC1. The van der Waals surface area contributed by atoms with Crippen LogP contribution >= 0.6 is 0 Å². The van der Waals surface area contributed by atoms with Crippen molar-refractivity contribution in [3.63, 3.8) is 0 Å². The van der Waals surface area contributed by atoms with Crippen LogP contribution in [0, 0.1) is 5.41 Å². The van der Waals surface area contributed by atoms with Gasteiger partial charge >= 0.3 is 0 Å².